The molecule has 6 nitrogen and oxygen atoms in total. The minimum Gasteiger partial charge on any atom is -0.408 e. The van der Waals surface area contributed by atoms with Gasteiger partial charge in [0.25, 0.3) is 0 Å². The predicted molar refractivity (Wildman–Crippen MR) is 58.4 cm³/mol. The molecule has 0 fully saturated rings. The van der Waals surface area contributed by atoms with Crippen LogP contribution in [-0.2, 0) is 0 Å². The standard InChI is InChI=1S/C10H12N2O4/c13-5-7(14)4-11-6-1-2-8-9(3-6)16-10(15)12-8/h1-3,7,11,13-14H,4-5H2,(H,12,15). The van der Waals surface area contributed by atoms with Crippen molar-refractivity contribution in [3.63, 3.8) is 0 Å². The number of benzene rings is 1. The van der Waals surface area contributed by atoms with Crippen LogP contribution in [0.4, 0.5) is 5.69 Å². The van der Waals surface area contributed by atoms with Gasteiger partial charge in [-0.1, -0.05) is 0 Å². The van der Waals surface area contributed by atoms with Gasteiger partial charge in [-0.05, 0) is 12.1 Å². The van der Waals surface area contributed by atoms with Gasteiger partial charge in [-0.3, -0.25) is 4.98 Å². The highest BCUT2D eigenvalue weighted by molar-refractivity contribution is 5.76. The van der Waals surface area contributed by atoms with Gasteiger partial charge in [0.15, 0.2) is 5.58 Å². The molecule has 0 bridgehead atoms. The van der Waals surface area contributed by atoms with Gasteiger partial charge in [0.1, 0.15) is 0 Å². The maximum atomic E-state index is 10.9. The van der Waals surface area contributed by atoms with E-state index >= 15 is 0 Å². The van der Waals surface area contributed by atoms with Crippen LogP contribution in [0, 0.1) is 0 Å². The van der Waals surface area contributed by atoms with Crippen LogP contribution in [0.5, 0.6) is 0 Å². The van der Waals surface area contributed by atoms with Crippen LogP contribution in [0.3, 0.4) is 0 Å². The summed E-state index contributed by atoms with van der Waals surface area (Å²) in [5, 5.41) is 20.7. The number of fused-ring (bicyclic) bond motifs is 1. The fourth-order valence-electron chi connectivity index (χ4n) is 1.36. The zero-order chi connectivity index (χ0) is 11.5. The SMILES string of the molecule is O=c1[nH]c2ccc(NCC(O)CO)cc2o1. The summed E-state index contributed by atoms with van der Waals surface area (Å²) in [6.07, 6.45) is -0.811. The van der Waals surface area contributed by atoms with E-state index in [9.17, 15) is 4.79 Å². The molecule has 1 atom stereocenters. The third-order valence-electron chi connectivity index (χ3n) is 2.17. The van der Waals surface area contributed by atoms with E-state index in [4.69, 9.17) is 14.6 Å². The summed E-state index contributed by atoms with van der Waals surface area (Å²) in [7, 11) is 0. The van der Waals surface area contributed by atoms with Crippen molar-refractivity contribution >= 4 is 16.8 Å². The zero-order valence-electron chi connectivity index (χ0n) is 8.43. The molecule has 0 spiro atoms. The van der Waals surface area contributed by atoms with Crippen LogP contribution in [0.2, 0.25) is 0 Å². The normalized spacial score (nSPS) is 12.9. The number of aliphatic hydroxyl groups excluding tert-OH is 2. The second-order valence-electron chi connectivity index (χ2n) is 3.44. The first-order valence-electron chi connectivity index (χ1n) is 4.84. The fraction of sp³-hybridized carbons (Fsp3) is 0.300. The molecule has 1 aromatic heterocycles. The molecule has 0 aliphatic heterocycles. The van der Waals surface area contributed by atoms with Crippen molar-refractivity contribution in [3.8, 4) is 0 Å². The molecule has 0 aliphatic rings. The number of aliphatic hydroxyl groups is 2. The van der Waals surface area contributed by atoms with Crippen molar-refractivity contribution in [1.29, 1.82) is 0 Å². The van der Waals surface area contributed by atoms with Crippen LogP contribution < -0.4 is 11.1 Å². The summed E-state index contributed by atoms with van der Waals surface area (Å²) in [4.78, 5) is 13.4. The van der Waals surface area contributed by atoms with Crippen molar-refractivity contribution in [3.05, 3.63) is 28.7 Å². The largest absolute Gasteiger partial charge is 0.417 e. The van der Waals surface area contributed by atoms with Gasteiger partial charge < -0.3 is 19.9 Å². The second kappa shape index (κ2) is 4.38. The number of oxazole rings is 1. The maximum absolute atomic E-state index is 10.9. The zero-order valence-corrected chi connectivity index (χ0v) is 8.43. The molecule has 6 heteroatoms. The van der Waals surface area contributed by atoms with Crippen molar-refractivity contribution in [1.82, 2.24) is 4.98 Å². The quantitative estimate of drug-likeness (QED) is 0.580. The lowest BCUT2D eigenvalue weighted by Crippen LogP contribution is -2.22. The third kappa shape index (κ3) is 2.23. The number of anilines is 1. The summed E-state index contributed by atoms with van der Waals surface area (Å²) >= 11 is 0. The average molecular weight is 224 g/mol. The molecular weight excluding hydrogens is 212 g/mol. The van der Waals surface area contributed by atoms with Crippen molar-refractivity contribution < 1.29 is 14.6 Å². The van der Waals surface area contributed by atoms with Crippen LogP contribution in [-0.4, -0.2) is 34.5 Å². The second-order valence-corrected chi connectivity index (χ2v) is 3.44. The summed E-state index contributed by atoms with van der Waals surface area (Å²) in [6.45, 7) is -0.0643. The van der Waals surface area contributed by atoms with E-state index in [-0.39, 0.29) is 13.2 Å². The fourth-order valence-corrected chi connectivity index (χ4v) is 1.36. The Hall–Kier alpha value is -1.79. The molecule has 0 saturated heterocycles. The van der Waals surface area contributed by atoms with Gasteiger partial charge in [0.05, 0.1) is 18.2 Å². The minimum absolute atomic E-state index is 0.233. The van der Waals surface area contributed by atoms with E-state index in [2.05, 4.69) is 10.3 Å². The van der Waals surface area contributed by atoms with E-state index in [1.54, 1.807) is 18.2 Å². The summed E-state index contributed by atoms with van der Waals surface area (Å²) in [6, 6.07) is 5.10. The van der Waals surface area contributed by atoms with Crippen molar-refractivity contribution in [2.45, 2.75) is 6.10 Å². The van der Waals surface area contributed by atoms with Crippen LogP contribution >= 0.6 is 0 Å². The summed E-state index contributed by atoms with van der Waals surface area (Å²) in [5.41, 5.74) is 1.79. The highest BCUT2D eigenvalue weighted by atomic mass is 16.4. The Kier molecular flexibility index (Phi) is 2.93. The molecule has 0 amide bonds. The van der Waals surface area contributed by atoms with E-state index in [1.165, 1.54) is 0 Å². The topological polar surface area (TPSA) is 98.5 Å². The first-order chi connectivity index (χ1) is 7.69. The highest BCUT2D eigenvalue weighted by Crippen LogP contribution is 2.15. The summed E-state index contributed by atoms with van der Waals surface area (Å²) in [5.74, 6) is -0.498. The Morgan fingerprint density at radius 1 is 1.50 bits per heavy atom. The molecule has 16 heavy (non-hydrogen) atoms. The molecule has 1 aromatic carbocycles. The third-order valence-corrected chi connectivity index (χ3v) is 2.17. The first-order valence-corrected chi connectivity index (χ1v) is 4.84. The molecule has 4 N–H and O–H groups in total. The van der Waals surface area contributed by atoms with Crippen LogP contribution in [0.25, 0.3) is 11.1 Å². The number of aromatic nitrogens is 1. The Balaban J connectivity index is 2.16. The van der Waals surface area contributed by atoms with Gasteiger partial charge in [-0.2, -0.15) is 0 Å². The lowest BCUT2D eigenvalue weighted by molar-refractivity contribution is 0.105. The Labute approximate surface area is 90.5 Å². The number of H-pyrrole nitrogens is 1. The molecule has 0 saturated carbocycles. The smallest absolute Gasteiger partial charge is 0.408 e. The van der Waals surface area contributed by atoms with E-state index in [0.717, 1.165) is 0 Å². The lowest BCUT2D eigenvalue weighted by Gasteiger charge is -2.09. The number of hydrogen-bond donors (Lipinski definition) is 4. The van der Waals surface area contributed by atoms with Gasteiger partial charge in [-0.15, -0.1) is 0 Å². The lowest BCUT2D eigenvalue weighted by atomic mass is 10.2. The molecule has 86 valence electrons. The molecule has 0 radical (unpaired) electrons. The van der Waals surface area contributed by atoms with Gasteiger partial charge >= 0.3 is 5.76 Å². The van der Waals surface area contributed by atoms with Crippen molar-refractivity contribution in [2.75, 3.05) is 18.5 Å². The molecule has 1 unspecified atom stereocenters. The number of aromatic amines is 1. The molecule has 0 aliphatic carbocycles. The monoisotopic (exact) mass is 224 g/mol. The first kappa shape index (κ1) is 10.7. The predicted octanol–water partition coefficient (Wildman–Crippen LogP) is -0.114. The molecular formula is C10H12N2O4. The molecule has 2 rings (SSSR count). The maximum Gasteiger partial charge on any atom is 0.417 e. The van der Waals surface area contributed by atoms with E-state index < -0.39 is 11.9 Å². The van der Waals surface area contributed by atoms with Crippen molar-refractivity contribution in [2.24, 2.45) is 0 Å². The van der Waals surface area contributed by atoms with Crippen LogP contribution in [0.1, 0.15) is 0 Å². The Morgan fingerprint density at radius 3 is 3.06 bits per heavy atom. The van der Waals surface area contributed by atoms with Gasteiger partial charge in [0, 0.05) is 18.3 Å². The van der Waals surface area contributed by atoms with E-state index in [1.807, 2.05) is 0 Å². The van der Waals surface area contributed by atoms with E-state index in [0.29, 0.717) is 16.8 Å². The number of nitrogens with one attached hydrogen (secondary N) is 2. The van der Waals surface area contributed by atoms with Gasteiger partial charge in [0.2, 0.25) is 0 Å². The minimum atomic E-state index is -0.811. The Morgan fingerprint density at radius 2 is 2.31 bits per heavy atom. The number of rotatable bonds is 4. The molecule has 1 heterocycles. The number of hydrogen-bond acceptors (Lipinski definition) is 5. The highest BCUT2D eigenvalue weighted by Gasteiger charge is 2.04. The van der Waals surface area contributed by atoms with Crippen LogP contribution in [0.15, 0.2) is 27.4 Å². The summed E-state index contributed by atoms with van der Waals surface area (Å²) < 4.78 is 4.88. The van der Waals surface area contributed by atoms with Gasteiger partial charge in [-0.25, -0.2) is 4.79 Å². The molecule has 2 aromatic rings. The Bertz CT molecular complexity index is 531. The average Bonchev–Trinajstić information content (AvgIpc) is 2.65.